The molecule has 0 atom stereocenters. The van der Waals surface area contributed by atoms with Crippen LogP contribution in [-0.4, -0.2) is 13.6 Å². The standard InChI is InChI=1S/C10H12N2/c1-12(9-5-8-11)10-6-3-2-4-7-10/h2-4,6-7H,5,9H2,1H3. The first-order valence-electron chi connectivity index (χ1n) is 3.97. The van der Waals surface area contributed by atoms with Crippen LogP contribution < -0.4 is 4.90 Å². The van der Waals surface area contributed by atoms with Crippen LogP contribution in [0.2, 0.25) is 0 Å². The van der Waals surface area contributed by atoms with Crippen molar-refractivity contribution in [3.63, 3.8) is 0 Å². The molecule has 0 saturated heterocycles. The zero-order valence-corrected chi connectivity index (χ0v) is 7.20. The molecule has 0 aliphatic rings. The van der Waals surface area contributed by atoms with Crippen molar-refractivity contribution < 1.29 is 0 Å². The average molecular weight is 160 g/mol. The van der Waals surface area contributed by atoms with Crippen LogP contribution in [0.3, 0.4) is 0 Å². The summed E-state index contributed by atoms with van der Waals surface area (Å²) in [4.78, 5) is 2.07. The molecule has 2 nitrogen and oxygen atoms in total. The molecule has 1 rings (SSSR count). The van der Waals surface area contributed by atoms with Crippen LogP contribution in [0, 0.1) is 11.3 Å². The van der Waals surface area contributed by atoms with Gasteiger partial charge in [-0.3, -0.25) is 0 Å². The summed E-state index contributed by atoms with van der Waals surface area (Å²) in [5, 5.41) is 8.39. The summed E-state index contributed by atoms with van der Waals surface area (Å²) in [5.74, 6) is 0. The van der Waals surface area contributed by atoms with E-state index in [-0.39, 0.29) is 0 Å². The third kappa shape index (κ3) is 2.28. The largest absolute Gasteiger partial charge is 0.374 e. The Morgan fingerprint density at radius 2 is 2.00 bits per heavy atom. The maximum absolute atomic E-state index is 8.39. The van der Waals surface area contributed by atoms with Crippen LogP contribution in [0.25, 0.3) is 0 Å². The average Bonchev–Trinajstić information content (AvgIpc) is 2.15. The zero-order valence-electron chi connectivity index (χ0n) is 7.20. The second-order valence-corrected chi connectivity index (χ2v) is 2.67. The van der Waals surface area contributed by atoms with E-state index in [9.17, 15) is 0 Å². The van der Waals surface area contributed by atoms with Crippen LogP contribution in [0.4, 0.5) is 5.69 Å². The first-order chi connectivity index (χ1) is 5.84. The smallest absolute Gasteiger partial charge is 0.0640 e. The number of hydrogen-bond acceptors (Lipinski definition) is 2. The highest BCUT2D eigenvalue weighted by Crippen LogP contribution is 2.10. The number of para-hydroxylation sites is 1. The summed E-state index contributed by atoms with van der Waals surface area (Å²) in [5.41, 5.74) is 1.16. The van der Waals surface area contributed by atoms with Gasteiger partial charge in [0.15, 0.2) is 0 Å². The highest BCUT2D eigenvalue weighted by molar-refractivity contribution is 5.44. The molecule has 0 radical (unpaired) electrons. The van der Waals surface area contributed by atoms with Gasteiger partial charge in [-0.15, -0.1) is 0 Å². The van der Waals surface area contributed by atoms with Crippen LogP contribution in [0.15, 0.2) is 30.3 Å². The van der Waals surface area contributed by atoms with Gasteiger partial charge in [-0.2, -0.15) is 5.26 Å². The Balaban J connectivity index is 2.55. The summed E-state index contributed by atoms with van der Waals surface area (Å²) in [6.07, 6.45) is 0.575. The van der Waals surface area contributed by atoms with Gasteiger partial charge in [0.05, 0.1) is 12.5 Å². The molecular weight excluding hydrogens is 148 g/mol. The lowest BCUT2D eigenvalue weighted by Crippen LogP contribution is -2.17. The second kappa shape index (κ2) is 4.40. The molecule has 0 amide bonds. The summed E-state index contributed by atoms with van der Waals surface area (Å²) >= 11 is 0. The number of hydrogen-bond donors (Lipinski definition) is 0. The van der Waals surface area contributed by atoms with E-state index in [1.807, 2.05) is 37.4 Å². The molecule has 0 aliphatic heterocycles. The normalized spacial score (nSPS) is 9.00. The molecule has 0 unspecified atom stereocenters. The Morgan fingerprint density at radius 1 is 1.33 bits per heavy atom. The number of anilines is 1. The lowest BCUT2D eigenvalue weighted by molar-refractivity contribution is 0.905. The Hall–Kier alpha value is -1.49. The summed E-state index contributed by atoms with van der Waals surface area (Å²) in [6.45, 7) is 0.792. The van der Waals surface area contributed by atoms with Crippen molar-refractivity contribution in [2.75, 3.05) is 18.5 Å². The molecule has 0 N–H and O–H groups in total. The molecule has 0 aromatic heterocycles. The van der Waals surface area contributed by atoms with Crippen LogP contribution >= 0.6 is 0 Å². The quantitative estimate of drug-likeness (QED) is 0.676. The minimum Gasteiger partial charge on any atom is -0.374 e. The topological polar surface area (TPSA) is 27.0 Å². The van der Waals surface area contributed by atoms with Crippen molar-refractivity contribution in [3.05, 3.63) is 30.3 Å². The lowest BCUT2D eigenvalue weighted by Gasteiger charge is -2.16. The highest BCUT2D eigenvalue weighted by atomic mass is 15.1. The van der Waals surface area contributed by atoms with Gasteiger partial charge in [0, 0.05) is 19.3 Å². The van der Waals surface area contributed by atoms with E-state index < -0.39 is 0 Å². The summed E-state index contributed by atoms with van der Waals surface area (Å²) < 4.78 is 0. The maximum atomic E-state index is 8.39. The predicted molar refractivity (Wildman–Crippen MR) is 49.9 cm³/mol. The van der Waals surface area contributed by atoms with E-state index >= 15 is 0 Å². The van der Waals surface area contributed by atoms with E-state index in [0.29, 0.717) is 6.42 Å². The van der Waals surface area contributed by atoms with Gasteiger partial charge in [0.2, 0.25) is 0 Å². The van der Waals surface area contributed by atoms with Crippen molar-refractivity contribution in [1.82, 2.24) is 0 Å². The fourth-order valence-corrected chi connectivity index (χ4v) is 1.03. The van der Waals surface area contributed by atoms with Gasteiger partial charge < -0.3 is 4.90 Å². The van der Waals surface area contributed by atoms with E-state index in [4.69, 9.17) is 5.26 Å². The minimum atomic E-state index is 0.575. The molecule has 1 aromatic rings. The third-order valence-corrected chi connectivity index (χ3v) is 1.76. The molecule has 0 aliphatic carbocycles. The molecular formula is C10H12N2. The number of rotatable bonds is 3. The van der Waals surface area contributed by atoms with Gasteiger partial charge in [0.1, 0.15) is 0 Å². The molecule has 2 heteroatoms. The van der Waals surface area contributed by atoms with E-state index in [0.717, 1.165) is 12.2 Å². The summed E-state index contributed by atoms with van der Waals surface area (Å²) in [7, 11) is 1.99. The zero-order chi connectivity index (χ0) is 8.81. The first-order valence-corrected chi connectivity index (χ1v) is 3.97. The molecule has 0 fully saturated rings. The molecule has 1 aromatic carbocycles. The Morgan fingerprint density at radius 3 is 2.58 bits per heavy atom. The number of benzene rings is 1. The maximum Gasteiger partial charge on any atom is 0.0640 e. The Kier molecular flexibility index (Phi) is 3.16. The Labute approximate surface area is 73.0 Å². The molecule has 0 saturated carbocycles. The first kappa shape index (κ1) is 8.61. The lowest BCUT2D eigenvalue weighted by atomic mass is 10.3. The molecule has 0 bridgehead atoms. The van der Waals surface area contributed by atoms with Crippen LogP contribution in [0.5, 0.6) is 0 Å². The van der Waals surface area contributed by atoms with Gasteiger partial charge in [-0.25, -0.2) is 0 Å². The van der Waals surface area contributed by atoms with E-state index in [2.05, 4.69) is 11.0 Å². The van der Waals surface area contributed by atoms with Crippen molar-refractivity contribution in [1.29, 1.82) is 5.26 Å². The van der Waals surface area contributed by atoms with Gasteiger partial charge in [0.25, 0.3) is 0 Å². The van der Waals surface area contributed by atoms with Gasteiger partial charge in [-0.05, 0) is 12.1 Å². The van der Waals surface area contributed by atoms with Gasteiger partial charge >= 0.3 is 0 Å². The van der Waals surface area contributed by atoms with Crippen LogP contribution in [-0.2, 0) is 0 Å². The summed E-state index contributed by atoms with van der Waals surface area (Å²) in [6, 6.07) is 12.2. The molecule has 0 heterocycles. The van der Waals surface area contributed by atoms with E-state index in [1.165, 1.54) is 0 Å². The van der Waals surface area contributed by atoms with Crippen LogP contribution in [0.1, 0.15) is 6.42 Å². The Bertz CT molecular complexity index is 261. The highest BCUT2D eigenvalue weighted by Gasteiger charge is 1.96. The van der Waals surface area contributed by atoms with Gasteiger partial charge in [-0.1, -0.05) is 18.2 Å². The molecule has 62 valence electrons. The third-order valence-electron chi connectivity index (χ3n) is 1.76. The monoisotopic (exact) mass is 160 g/mol. The van der Waals surface area contributed by atoms with Crippen molar-refractivity contribution in [2.24, 2.45) is 0 Å². The van der Waals surface area contributed by atoms with Crippen molar-refractivity contribution in [3.8, 4) is 6.07 Å². The predicted octanol–water partition coefficient (Wildman–Crippen LogP) is 2.04. The fourth-order valence-electron chi connectivity index (χ4n) is 1.03. The SMILES string of the molecule is CN(CCC#N)c1ccccc1. The molecule has 12 heavy (non-hydrogen) atoms. The fraction of sp³-hybridized carbons (Fsp3) is 0.300. The van der Waals surface area contributed by atoms with E-state index in [1.54, 1.807) is 0 Å². The second-order valence-electron chi connectivity index (χ2n) is 2.67. The van der Waals surface area contributed by atoms with Crippen molar-refractivity contribution >= 4 is 5.69 Å². The van der Waals surface area contributed by atoms with Crippen molar-refractivity contribution in [2.45, 2.75) is 6.42 Å². The molecule has 0 spiro atoms. The minimum absolute atomic E-state index is 0.575. The number of nitrogens with zero attached hydrogens (tertiary/aromatic N) is 2. The number of nitriles is 1.